The Bertz CT molecular complexity index is 2330. The number of esters is 2. The first-order valence-corrected chi connectivity index (χ1v) is 17.8. The molecule has 0 saturated heterocycles. The summed E-state index contributed by atoms with van der Waals surface area (Å²) in [4.78, 5) is 33.6. The number of fused-ring (bicyclic) bond motifs is 2. The second-order valence-corrected chi connectivity index (χ2v) is 12.4. The number of pyridine rings is 2. The summed E-state index contributed by atoms with van der Waals surface area (Å²) in [5.41, 5.74) is 5.12. The van der Waals surface area contributed by atoms with Crippen LogP contribution in [0.25, 0.3) is 23.4 Å². The molecule has 7 rings (SSSR count). The van der Waals surface area contributed by atoms with Gasteiger partial charge in [-0.2, -0.15) is 10.2 Å². The van der Waals surface area contributed by atoms with Gasteiger partial charge >= 0.3 is 11.9 Å². The normalized spacial score (nSPS) is 10.9. The topological polar surface area (TPSA) is 131 Å². The molecule has 3 aromatic carbocycles. The number of carbonyl (C=O) groups excluding carboxylic acids is 2. The van der Waals surface area contributed by atoms with Crippen LogP contribution in [0.4, 0.5) is 0 Å². The fourth-order valence-corrected chi connectivity index (χ4v) is 5.96. The summed E-state index contributed by atoms with van der Waals surface area (Å²) >= 11 is 2.11. The molecule has 0 spiro atoms. The molecule has 0 aliphatic rings. The van der Waals surface area contributed by atoms with Crippen LogP contribution >= 0.6 is 22.6 Å². The summed E-state index contributed by atoms with van der Waals surface area (Å²) in [6.07, 6.45) is 10.2. The van der Waals surface area contributed by atoms with Crippen molar-refractivity contribution in [2.75, 3.05) is 13.2 Å². The smallest absolute Gasteiger partial charge is 0.345 e. The fraction of sp³-hybridized carbons (Fsp3) is 0.150. The zero-order valence-corrected chi connectivity index (χ0v) is 31.1. The quantitative estimate of drug-likeness (QED) is 0.0891. The first-order chi connectivity index (χ1) is 26.0. The molecule has 0 aliphatic carbocycles. The molecule has 0 bridgehead atoms. The number of ether oxygens (including phenoxy) is 4. The van der Waals surface area contributed by atoms with Crippen LogP contribution in [0.5, 0.6) is 11.5 Å². The van der Waals surface area contributed by atoms with Crippen molar-refractivity contribution in [2.45, 2.75) is 27.1 Å². The number of aromatic nitrogens is 6. The Kier molecular flexibility index (Phi) is 12.4. The van der Waals surface area contributed by atoms with Gasteiger partial charge in [-0.25, -0.2) is 28.6 Å². The number of carbonyl (C=O) groups is 2. The van der Waals surface area contributed by atoms with Crippen molar-refractivity contribution in [3.8, 4) is 11.5 Å². The second kappa shape index (κ2) is 17.9. The van der Waals surface area contributed by atoms with E-state index in [0.717, 1.165) is 20.3 Å². The number of hydrogen-bond acceptors (Lipinski definition) is 10. The Morgan fingerprint density at radius 2 is 1.11 bits per heavy atom. The van der Waals surface area contributed by atoms with Gasteiger partial charge in [0.1, 0.15) is 42.7 Å². The van der Waals surface area contributed by atoms with Gasteiger partial charge in [0.05, 0.1) is 16.8 Å². The summed E-state index contributed by atoms with van der Waals surface area (Å²) in [5.74, 6) is -0.0704. The lowest BCUT2D eigenvalue weighted by atomic mass is 10.1. The predicted octanol–water partition coefficient (Wildman–Crippen LogP) is 7.75. The molecule has 268 valence electrons. The van der Waals surface area contributed by atoms with Gasteiger partial charge in [-0.1, -0.05) is 97.1 Å². The molecule has 4 aromatic heterocycles. The molecule has 0 amide bonds. The first-order valence-electron chi connectivity index (χ1n) is 16.8. The third-order valence-corrected chi connectivity index (χ3v) is 8.46. The van der Waals surface area contributed by atoms with Crippen LogP contribution in [0.1, 0.15) is 56.8 Å². The van der Waals surface area contributed by atoms with Crippen LogP contribution in [0.15, 0.2) is 116 Å². The van der Waals surface area contributed by atoms with Crippen LogP contribution in [0, 0.1) is 3.57 Å². The second-order valence-electron chi connectivity index (χ2n) is 11.3. The van der Waals surface area contributed by atoms with Crippen molar-refractivity contribution in [3.63, 3.8) is 0 Å². The minimum Gasteiger partial charge on any atom is -0.487 e. The van der Waals surface area contributed by atoms with E-state index in [1.165, 1.54) is 12.7 Å². The monoisotopic (exact) mass is 822 g/mol. The van der Waals surface area contributed by atoms with Crippen molar-refractivity contribution in [3.05, 3.63) is 153 Å². The van der Waals surface area contributed by atoms with Crippen LogP contribution in [0.2, 0.25) is 0 Å². The van der Waals surface area contributed by atoms with Gasteiger partial charge in [-0.15, -0.1) is 0 Å². The highest BCUT2D eigenvalue weighted by molar-refractivity contribution is 14.1. The molecule has 53 heavy (non-hydrogen) atoms. The van der Waals surface area contributed by atoms with Gasteiger partial charge < -0.3 is 18.9 Å². The minimum atomic E-state index is -0.492. The predicted molar refractivity (Wildman–Crippen MR) is 208 cm³/mol. The van der Waals surface area contributed by atoms with Crippen LogP contribution in [-0.4, -0.2) is 54.3 Å². The standard InChI is InChI=1S/C24H21N3O3.C16H14IN3O3/c1-2-29-24(28)21-22(30-16-19-11-7-4-8-12-19)20(15-27-23(21)25-17-26-27)14-13-18-9-5-3-6-10-18;1-2-22-16(21)13-14(23-9-11-6-4-3-5-7-11)12(17)8-20-15(13)18-10-19-20/h3-15,17H,2,16H2,1H3;3-8,10H,2,9H2,1H3/b14-13+;. The average Bonchev–Trinajstić information content (AvgIpc) is 3.86. The van der Waals surface area contributed by atoms with E-state index >= 15 is 0 Å². The number of rotatable bonds is 12. The Morgan fingerprint density at radius 3 is 1.64 bits per heavy atom. The van der Waals surface area contributed by atoms with Gasteiger partial charge in [0, 0.05) is 18.0 Å². The van der Waals surface area contributed by atoms with E-state index in [1.54, 1.807) is 35.3 Å². The SMILES string of the molecule is CCOC(=O)c1c(OCc2ccccc2)c(/C=C/c2ccccc2)cn2ncnc12.CCOC(=O)c1c(OCc2ccccc2)c(I)cn2ncnc12. The summed E-state index contributed by atoms with van der Waals surface area (Å²) in [6.45, 7) is 4.72. The number of hydrogen-bond donors (Lipinski definition) is 0. The molecule has 0 aliphatic heterocycles. The molecule has 0 unspecified atom stereocenters. The molecule has 0 atom stereocenters. The third-order valence-electron chi connectivity index (χ3n) is 7.69. The summed E-state index contributed by atoms with van der Waals surface area (Å²) in [6, 6.07) is 29.4. The summed E-state index contributed by atoms with van der Waals surface area (Å²) < 4.78 is 26.4. The molecule has 12 nitrogen and oxygen atoms in total. The number of benzene rings is 3. The minimum absolute atomic E-state index is 0.251. The average molecular weight is 823 g/mol. The highest BCUT2D eigenvalue weighted by Crippen LogP contribution is 2.32. The van der Waals surface area contributed by atoms with E-state index in [9.17, 15) is 9.59 Å². The molecule has 0 N–H and O–H groups in total. The zero-order valence-electron chi connectivity index (χ0n) is 29.0. The Morgan fingerprint density at radius 1 is 0.642 bits per heavy atom. The zero-order chi connectivity index (χ0) is 37.0. The van der Waals surface area contributed by atoms with E-state index in [4.69, 9.17) is 18.9 Å². The third kappa shape index (κ3) is 9.05. The lowest BCUT2D eigenvalue weighted by Crippen LogP contribution is -2.12. The van der Waals surface area contributed by atoms with E-state index in [1.807, 2.05) is 103 Å². The fourth-order valence-electron chi connectivity index (χ4n) is 5.27. The van der Waals surface area contributed by atoms with E-state index in [-0.39, 0.29) is 18.8 Å². The maximum absolute atomic E-state index is 12.8. The highest BCUT2D eigenvalue weighted by Gasteiger charge is 2.25. The lowest BCUT2D eigenvalue weighted by molar-refractivity contribution is 0.0512. The molecular weight excluding hydrogens is 787 g/mol. The van der Waals surface area contributed by atoms with Gasteiger partial charge in [-0.3, -0.25) is 0 Å². The van der Waals surface area contributed by atoms with Crippen LogP contribution in [-0.2, 0) is 22.7 Å². The molecule has 0 fully saturated rings. The Labute approximate surface area is 319 Å². The molecule has 13 heteroatoms. The summed E-state index contributed by atoms with van der Waals surface area (Å²) in [7, 11) is 0. The number of nitrogens with zero attached hydrogens (tertiary/aromatic N) is 6. The van der Waals surface area contributed by atoms with E-state index in [0.29, 0.717) is 47.1 Å². The maximum Gasteiger partial charge on any atom is 0.345 e. The lowest BCUT2D eigenvalue weighted by Gasteiger charge is -2.15. The molecule has 0 radical (unpaired) electrons. The number of halogens is 1. The van der Waals surface area contributed by atoms with E-state index < -0.39 is 11.9 Å². The molecule has 0 saturated carbocycles. The van der Waals surface area contributed by atoms with Crippen molar-refractivity contribution in [2.24, 2.45) is 0 Å². The van der Waals surface area contributed by atoms with E-state index in [2.05, 4.69) is 42.8 Å². The van der Waals surface area contributed by atoms with Gasteiger partial charge in [0.2, 0.25) is 0 Å². The highest BCUT2D eigenvalue weighted by atomic mass is 127. The van der Waals surface area contributed by atoms with Crippen LogP contribution < -0.4 is 9.47 Å². The van der Waals surface area contributed by atoms with Crippen molar-refractivity contribution < 1.29 is 28.5 Å². The van der Waals surface area contributed by atoms with Gasteiger partial charge in [0.25, 0.3) is 0 Å². The molecule has 4 heterocycles. The molecule has 7 aromatic rings. The van der Waals surface area contributed by atoms with Gasteiger partial charge in [-0.05, 0) is 59.2 Å². The Hall–Kier alpha value is -6.09. The Balaban J connectivity index is 0.000000188. The van der Waals surface area contributed by atoms with Gasteiger partial charge in [0.15, 0.2) is 17.0 Å². The molecular formula is C40H35IN6O6. The van der Waals surface area contributed by atoms with Crippen LogP contribution in [0.3, 0.4) is 0 Å². The van der Waals surface area contributed by atoms with Crippen molar-refractivity contribution >= 4 is 58.0 Å². The summed E-state index contributed by atoms with van der Waals surface area (Å²) in [5, 5.41) is 8.28. The van der Waals surface area contributed by atoms with Crippen molar-refractivity contribution in [1.29, 1.82) is 0 Å². The first kappa shape index (κ1) is 36.7. The van der Waals surface area contributed by atoms with Crippen molar-refractivity contribution in [1.82, 2.24) is 29.2 Å². The largest absolute Gasteiger partial charge is 0.487 e. The maximum atomic E-state index is 12.8.